The monoisotopic (exact) mass is 295 g/mol. The number of carbonyl (C=O) groups is 2. The number of carbonyl (C=O) groups excluding carboxylic acids is 2. The lowest BCUT2D eigenvalue weighted by Crippen LogP contribution is -2.31. The van der Waals surface area contributed by atoms with Gasteiger partial charge in [-0.2, -0.15) is 0 Å². The Morgan fingerprint density at radius 1 is 1.35 bits per heavy atom. The summed E-state index contributed by atoms with van der Waals surface area (Å²) in [6.45, 7) is 0.743. The summed E-state index contributed by atoms with van der Waals surface area (Å²) in [6, 6.07) is 2.05. The van der Waals surface area contributed by atoms with Gasteiger partial charge in [0.1, 0.15) is 0 Å². The summed E-state index contributed by atoms with van der Waals surface area (Å²) in [7, 11) is 0. The van der Waals surface area contributed by atoms with Crippen molar-refractivity contribution in [3.63, 3.8) is 0 Å². The van der Waals surface area contributed by atoms with Gasteiger partial charge < -0.3 is 4.90 Å². The number of amides is 2. The van der Waals surface area contributed by atoms with E-state index in [0.29, 0.717) is 12.8 Å². The van der Waals surface area contributed by atoms with Crippen LogP contribution in [0.25, 0.3) is 0 Å². The van der Waals surface area contributed by atoms with Crippen LogP contribution >= 0.6 is 11.3 Å². The van der Waals surface area contributed by atoms with E-state index in [0.717, 1.165) is 44.3 Å². The molecule has 1 aliphatic heterocycles. The summed E-state index contributed by atoms with van der Waals surface area (Å²) < 4.78 is 0. The van der Waals surface area contributed by atoms with Gasteiger partial charge in [-0.3, -0.25) is 15.0 Å². The Kier molecular flexibility index (Phi) is 5.55. The lowest BCUT2D eigenvalue weighted by Gasteiger charge is -2.21. The first-order valence-electron chi connectivity index (χ1n) is 7.08. The van der Waals surface area contributed by atoms with Crippen LogP contribution in [-0.4, -0.2) is 18.4 Å². The molecular formula is C14H21N3O2S. The first-order chi connectivity index (χ1) is 9.72. The molecule has 1 aromatic rings. The van der Waals surface area contributed by atoms with Gasteiger partial charge >= 0.3 is 0 Å². The van der Waals surface area contributed by atoms with Crippen molar-refractivity contribution in [2.75, 3.05) is 11.4 Å². The molecule has 0 spiro atoms. The lowest BCUT2D eigenvalue weighted by atomic mass is 10.1. The molecule has 0 aromatic carbocycles. The molecule has 0 saturated heterocycles. The summed E-state index contributed by atoms with van der Waals surface area (Å²) >= 11 is 1.73. The largest absolute Gasteiger partial charge is 0.311 e. The predicted octanol–water partition coefficient (Wildman–Crippen LogP) is 1.97. The number of unbranched alkanes of at least 4 members (excludes halogenated alkanes) is 2. The Morgan fingerprint density at radius 2 is 2.20 bits per heavy atom. The minimum Gasteiger partial charge on any atom is -0.311 e. The fraction of sp³-hybridized carbons (Fsp3) is 0.571. The van der Waals surface area contributed by atoms with Crippen LogP contribution in [0.1, 0.15) is 43.4 Å². The van der Waals surface area contributed by atoms with Crippen molar-refractivity contribution in [3.05, 3.63) is 16.3 Å². The zero-order valence-electron chi connectivity index (χ0n) is 11.6. The van der Waals surface area contributed by atoms with Crippen molar-refractivity contribution in [1.82, 2.24) is 5.43 Å². The van der Waals surface area contributed by atoms with Crippen LogP contribution in [0, 0.1) is 0 Å². The van der Waals surface area contributed by atoms with Crippen molar-refractivity contribution in [1.29, 1.82) is 0 Å². The molecule has 0 atom stereocenters. The fourth-order valence-electron chi connectivity index (χ4n) is 2.48. The van der Waals surface area contributed by atoms with Crippen molar-refractivity contribution in [3.8, 4) is 0 Å². The molecular weight excluding hydrogens is 274 g/mol. The minimum atomic E-state index is -0.129. The van der Waals surface area contributed by atoms with Crippen molar-refractivity contribution >= 4 is 28.8 Å². The van der Waals surface area contributed by atoms with E-state index in [1.54, 1.807) is 11.3 Å². The van der Waals surface area contributed by atoms with E-state index in [1.165, 1.54) is 4.88 Å². The molecule has 2 amide bonds. The Morgan fingerprint density at radius 3 is 3.00 bits per heavy atom. The van der Waals surface area contributed by atoms with Gasteiger partial charge in [-0.05, 0) is 37.1 Å². The van der Waals surface area contributed by atoms with Crippen molar-refractivity contribution in [2.45, 2.75) is 44.9 Å². The highest BCUT2D eigenvalue weighted by Gasteiger charge is 2.22. The molecule has 0 bridgehead atoms. The maximum Gasteiger partial charge on any atom is 0.233 e. The number of thiophene rings is 1. The molecule has 0 saturated carbocycles. The van der Waals surface area contributed by atoms with Gasteiger partial charge in [0.2, 0.25) is 11.8 Å². The summed E-state index contributed by atoms with van der Waals surface area (Å²) in [6.07, 6.45) is 5.69. The van der Waals surface area contributed by atoms with Gasteiger partial charge in [0.25, 0.3) is 0 Å². The Bertz CT molecular complexity index is 473. The molecule has 5 nitrogen and oxygen atoms in total. The predicted molar refractivity (Wildman–Crippen MR) is 80.4 cm³/mol. The van der Waals surface area contributed by atoms with Crippen LogP contribution < -0.4 is 16.2 Å². The van der Waals surface area contributed by atoms with Crippen LogP contribution in [0.2, 0.25) is 0 Å². The standard InChI is InChI=1S/C14H21N3O2S/c15-16-13(18)6-2-1-3-9-17-11-8-10-20-12(11)5-4-7-14(17)19/h8,10H,1-7,9,15H2,(H,16,18). The summed E-state index contributed by atoms with van der Waals surface area (Å²) in [5.74, 6) is 5.12. The third-order valence-corrected chi connectivity index (χ3v) is 4.52. The van der Waals surface area contributed by atoms with Crippen molar-refractivity contribution in [2.24, 2.45) is 5.84 Å². The van der Waals surface area contributed by atoms with Gasteiger partial charge in [0.05, 0.1) is 5.69 Å². The van der Waals surface area contributed by atoms with Crippen molar-refractivity contribution < 1.29 is 9.59 Å². The van der Waals surface area contributed by atoms with Crippen LogP contribution in [-0.2, 0) is 16.0 Å². The van der Waals surface area contributed by atoms with Crippen LogP contribution in [0.3, 0.4) is 0 Å². The smallest absolute Gasteiger partial charge is 0.233 e. The SMILES string of the molecule is NNC(=O)CCCCCN1C(=O)CCCc2sccc21. The molecule has 0 aliphatic carbocycles. The Hall–Kier alpha value is -1.40. The number of hydrogen-bond donors (Lipinski definition) is 2. The summed E-state index contributed by atoms with van der Waals surface area (Å²) in [5.41, 5.74) is 3.22. The number of hydrogen-bond acceptors (Lipinski definition) is 4. The maximum absolute atomic E-state index is 12.1. The molecule has 20 heavy (non-hydrogen) atoms. The third kappa shape index (κ3) is 3.80. The molecule has 0 fully saturated rings. The molecule has 2 heterocycles. The highest BCUT2D eigenvalue weighted by atomic mass is 32.1. The van der Waals surface area contributed by atoms with Gasteiger partial charge in [0.15, 0.2) is 0 Å². The molecule has 0 unspecified atom stereocenters. The topological polar surface area (TPSA) is 75.4 Å². The van der Waals surface area contributed by atoms with Gasteiger partial charge in [-0.15, -0.1) is 11.3 Å². The fourth-order valence-corrected chi connectivity index (χ4v) is 3.40. The normalized spacial score (nSPS) is 14.8. The first-order valence-corrected chi connectivity index (χ1v) is 7.96. The number of nitrogens with zero attached hydrogens (tertiary/aromatic N) is 1. The quantitative estimate of drug-likeness (QED) is 0.364. The number of rotatable bonds is 6. The zero-order valence-corrected chi connectivity index (χ0v) is 12.4. The number of hydrazine groups is 1. The molecule has 1 aliphatic rings. The average Bonchev–Trinajstić information content (AvgIpc) is 2.85. The lowest BCUT2D eigenvalue weighted by molar-refractivity contribution is -0.121. The van der Waals surface area contributed by atoms with Crippen LogP contribution in [0.15, 0.2) is 11.4 Å². The highest BCUT2D eigenvalue weighted by molar-refractivity contribution is 7.10. The summed E-state index contributed by atoms with van der Waals surface area (Å²) in [5, 5.41) is 2.06. The van der Waals surface area contributed by atoms with E-state index in [4.69, 9.17) is 5.84 Å². The van der Waals surface area contributed by atoms with Gasteiger partial charge in [-0.25, -0.2) is 5.84 Å². The number of anilines is 1. The van der Waals surface area contributed by atoms with E-state index < -0.39 is 0 Å². The molecule has 6 heteroatoms. The molecule has 110 valence electrons. The van der Waals surface area contributed by atoms with E-state index in [2.05, 4.69) is 10.8 Å². The zero-order chi connectivity index (χ0) is 14.4. The average molecular weight is 295 g/mol. The Balaban J connectivity index is 1.82. The number of nitrogens with two attached hydrogens (primary N) is 1. The molecule has 0 radical (unpaired) electrons. The maximum atomic E-state index is 12.1. The van der Waals surface area contributed by atoms with E-state index in [-0.39, 0.29) is 11.8 Å². The van der Waals surface area contributed by atoms with Crippen LogP contribution in [0.5, 0.6) is 0 Å². The molecule has 2 rings (SSSR count). The Labute approximate surface area is 123 Å². The number of nitrogens with one attached hydrogen (secondary N) is 1. The number of aryl methyl sites for hydroxylation is 1. The second-order valence-corrected chi connectivity index (χ2v) is 6.01. The third-order valence-electron chi connectivity index (χ3n) is 3.55. The molecule has 3 N–H and O–H groups in total. The first kappa shape index (κ1) is 15.0. The highest BCUT2D eigenvalue weighted by Crippen LogP contribution is 2.31. The van der Waals surface area contributed by atoms with Gasteiger partial charge in [0, 0.05) is 24.3 Å². The second kappa shape index (κ2) is 7.40. The molecule has 1 aromatic heterocycles. The second-order valence-electron chi connectivity index (χ2n) is 5.01. The van der Waals surface area contributed by atoms with Gasteiger partial charge in [-0.1, -0.05) is 6.42 Å². The van der Waals surface area contributed by atoms with E-state index >= 15 is 0 Å². The minimum absolute atomic E-state index is 0.129. The number of fused-ring (bicyclic) bond motifs is 1. The summed E-state index contributed by atoms with van der Waals surface area (Å²) in [4.78, 5) is 26.4. The van der Waals surface area contributed by atoms with E-state index in [9.17, 15) is 9.59 Å². The van der Waals surface area contributed by atoms with E-state index in [1.807, 2.05) is 11.0 Å². The van der Waals surface area contributed by atoms with Crippen LogP contribution in [0.4, 0.5) is 5.69 Å².